The fourth-order valence-corrected chi connectivity index (χ4v) is 3.60. The van der Waals surface area contributed by atoms with E-state index in [9.17, 15) is 29.4 Å². The molecule has 2 heterocycles. The van der Waals surface area contributed by atoms with Gasteiger partial charge in [0, 0.05) is 30.8 Å². The van der Waals surface area contributed by atoms with E-state index in [1.807, 2.05) is 4.57 Å². The number of nitrogens with one attached hydrogen (secondary N) is 1. The molecule has 0 saturated heterocycles. The number of benzene rings is 2. The van der Waals surface area contributed by atoms with Gasteiger partial charge in [0.05, 0.1) is 27.0 Å². The molecule has 3 aromatic rings. The molecule has 32 heavy (non-hydrogen) atoms. The van der Waals surface area contributed by atoms with Crippen molar-refractivity contribution in [1.29, 1.82) is 0 Å². The predicted octanol–water partition coefficient (Wildman–Crippen LogP) is 3.88. The minimum Gasteiger partial charge on any atom is -0.322 e. The zero-order valence-corrected chi connectivity index (χ0v) is 16.7. The Morgan fingerprint density at radius 2 is 1.72 bits per heavy atom. The van der Waals surface area contributed by atoms with Crippen molar-refractivity contribution in [3.8, 4) is 11.4 Å². The molecule has 0 atom stereocenters. The number of aromatic nitrogens is 3. The molecule has 0 saturated carbocycles. The molecule has 12 heteroatoms. The predicted molar refractivity (Wildman–Crippen MR) is 111 cm³/mol. The monoisotopic (exact) mass is 440 g/mol. The van der Waals surface area contributed by atoms with Crippen LogP contribution in [-0.4, -0.2) is 30.5 Å². The third-order valence-electron chi connectivity index (χ3n) is 5.16. The first kappa shape index (κ1) is 21.0. The molecule has 1 aliphatic rings. The van der Waals surface area contributed by atoms with Crippen LogP contribution in [0.1, 0.15) is 35.4 Å². The first-order chi connectivity index (χ1) is 15.3. The van der Waals surface area contributed by atoms with Gasteiger partial charge in [0.2, 0.25) is 0 Å². The number of anilines is 1. The van der Waals surface area contributed by atoms with E-state index in [4.69, 9.17) is 0 Å². The maximum atomic E-state index is 14.6. The van der Waals surface area contributed by atoms with Crippen molar-refractivity contribution in [3.63, 3.8) is 0 Å². The first-order valence-electron chi connectivity index (χ1n) is 9.80. The summed E-state index contributed by atoms with van der Waals surface area (Å²) in [5.41, 5.74) is -1.10. The SMILES string of the molecule is O=C(Nc1ccc(F)c(-c2nnc3n2CCCCC3)c1)c1cc([N+](=O)[O-])cc([N+](=O)[O-])c1. The topological polar surface area (TPSA) is 146 Å². The number of fused-ring (bicyclic) bond motifs is 1. The lowest BCUT2D eigenvalue weighted by Gasteiger charge is -2.10. The van der Waals surface area contributed by atoms with Gasteiger partial charge in [-0.05, 0) is 31.0 Å². The summed E-state index contributed by atoms with van der Waals surface area (Å²) < 4.78 is 16.5. The molecule has 2 aromatic carbocycles. The molecule has 4 rings (SSSR count). The fourth-order valence-electron chi connectivity index (χ4n) is 3.60. The van der Waals surface area contributed by atoms with Crippen LogP contribution in [-0.2, 0) is 13.0 Å². The molecular formula is C20H17FN6O5. The fraction of sp³-hybridized carbons (Fsp3) is 0.250. The maximum absolute atomic E-state index is 14.6. The van der Waals surface area contributed by atoms with Gasteiger partial charge in [0.1, 0.15) is 11.6 Å². The van der Waals surface area contributed by atoms with Crippen LogP contribution in [0, 0.1) is 26.0 Å². The highest BCUT2D eigenvalue weighted by Crippen LogP contribution is 2.28. The van der Waals surface area contributed by atoms with Crippen molar-refractivity contribution in [2.45, 2.75) is 32.2 Å². The molecule has 1 aromatic heterocycles. The number of non-ortho nitro benzene ring substituents is 2. The number of rotatable bonds is 5. The van der Waals surface area contributed by atoms with Crippen molar-refractivity contribution < 1.29 is 19.0 Å². The zero-order valence-electron chi connectivity index (χ0n) is 16.7. The van der Waals surface area contributed by atoms with Crippen molar-refractivity contribution in [2.75, 3.05) is 5.32 Å². The van der Waals surface area contributed by atoms with Crippen LogP contribution in [0.4, 0.5) is 21.5 Å². The Morgan fingerprint density at radius 1 is 1.00 bits per heavy atom. The third-order valence-corrected chi connectivity index (χ3v) is 5.16. The largest absolute Gasteiger partial charge is 0.322 e. The Kier molecular flexibility index (Phi) is 5.58. The minimum absolute atomic E-state index is 0.147. The molecule has 0 bridgehead atoms. The molecule has 0 aliphatic carbocycles. The number of carbonyl (C=O) groups excluding carboxylic acids is 1. The highest BCUT2D eigenvalue weighted by Gasteiger charge is 2.22. The Hall–Kier alpha value is -4.22. The van der Waals surface area contributed by atoms with Crippen LogP contribution in [0.25, 0.3) is 11.4 Å². The van der Waals surface area contributed by atoms with Crippen LogP contribution in [0.15, 0.2) is 36.4 Å². The lowest BCUT2D eigenvalue weighted by molar-refractivity contribution is -0.394. The van der Waals surface area contributed by atoms with E-state index < -0.39 is 32.9 Å². The second-order valence-electron chi connectivity index (χ2n) is 7.30. The van der Waals surface area contributed by atoms with E-state index >= 15 is 0 Å². The van der Waals surface area contributed by atoms with Crippen LogP contribution in [0.2, 0.25) is 0 Å². The minimum atomic E-state index is -0.823. The average Bonchev–Trinajstić information content (AvgIpc) is 3.02. The van der Waals surface area contributed by atoms with E-state index in [1.54, 1.807) is 0 Å². The molecule has 164 valence electrons. The number of halogens is 1. The highest BCUT2D eigenvalue weighted by atomic mass is 19.1. The quantitative estimate of drug-likeness (QED) is 0.468. The van der Waals surface area contributed by atoms with Gasteiger partial charge in [-0.3, -0.25) is 25.0 Å². The van der Waals surface area contributed by atoms with Crippen LogP contribution in [0.5, 0.6) is 0 Å². The molecule has 0 spiro atoms. The number of nitro groups is 2. The lowest BCUT2D eigenvalue weighted by atomic mass is 10.1. The van der Waals surface area contributed by atoms with Gasteiger partial charge in [-0.15, -0.1) is 10.2 Å². The number of carbonyl (C=O) groups is 1. The lowest BCUT2D eigenvalue weighted by Crippen LogP contribution is -2.13. The summed E-state index contributed by atoms with van der Waals surface area (Å²) in [5, 5.41) is 32.9. The Balaban J connectivity index is 1.66. The molecule has 1 N–H and O–H groups in total. The summed E-state index contributed by atoms with van der Waals surface area (Å²) in [6.07, 6.45) is 3.68. The van der Waals surface area contributed by atoms with Gasteiger partial charge >= 0.3 is 0 Å². The van der Waals surface area contributed by atoms with Gasteiger partial charge in [-0.25, -0.2) is 4.39 Å². The van der Waals surface area contributed by atoms with E-state index in [-0.39, 0.29) is 16.8 Å². The molecule has 0 unspecified atom stereocenters. The molecular weight excluding hydrogens is 423 g/mol. The summed E-state index contributed by atoms with van der Waals surface area (Å²) in [5.74, 6) is -0.236. The summed E-state index contributed by atoms with van der Waals surface area (Å²) in [6.45, 7) is 0.658. The Bertz CT molecular complexity index is 1210. The second-order valence-corrected chi connectivity index (χ2v) is 7.30. The normalized spacial score (nSPS) is 13.2. The van der Waals surface area contributed by atoms with Crippen molar-refractivity contribution in [3.05, 3.63) is 73.8 Å². The summed E-state index contributed by atoms with van der Waals surface area (Å²) in [6, 6.07) is 6.52. The van der Waals surface area contributed by atoms with Crippen LogP contribution >= 0.6 is 0 Å². The third kappa shape index (κ3) is 4.15. The summed E-state index contributed by atoms with van der Waals surface area (Å²) >= 11 is 0. The molecule has 1 amide bonds. The van der Waals surface area contributed by atoms with E-state index in [2.05, 4.69) is 15.5 Å². The average molecular weight is 440 g/mol. The van der Waals surface area contributed by atoms with Crippen molar-refractivity contribution in [2.24, 2.45) is 0 Å². The van der Waals surface area contributed by atoms with Crippen LogP contribution in [0.3, 0.4) is 0 Å². The second kappa shape index (κ2) is 8.49. The first-order valence-corrected chi connectivity index (χ1v) is 9.80. The van der Waals surface area contributed by atoms with Gasteiger partial charge < -0.3 is 9.88 Å². The standard InChI is InChI=1S/C20H17FN6O5/c21-17-6-5-13(10-16(17)19-24-23-18-4-2-1-3-7-25(18)19)22-20(28)12-8-14(26(29)30)11-15(9-12)27(31)32/h5-6,8-11H,1-4,7H2,(H,22,28). The molecule has 0 fully saturated rings. The maximum Gasteiger partial charge on any atom is 0.277 e. The number of aryl methyl sites for hydroxylation is 1. The van der Waals surface area contributed by atoms with E-state index in [0.717, 1.165) is 49.7 Å². The van der Waals surface area contributed by atoms with Gasteiger partial charge in [-0.1, -0.05) is 6.42 Å². The highest BCUT2D eigenvalue weighted by molar-refractivity contribution is 6.05. The van der Waals surface area contributed by atoms with Crippen molar-refractivity contribution in [1.82, 2.24) is 14.8 Å². The number of hydrogen-bond donors (Lipinski definition) is 1. The van der Waals surface area contributed by atoms with E-state index in [1.165, 1.54) is 18.2 Å². The van der Waals surface area contributed by atoms with Crippen molar-refractivity contribution >= 4 is 23.0 Å². The molecule has 11 nitrogen and oxygen atoms in total. The molecule has 0 radical (unpaired) electrons. The zero-order chi connectivity index (χ0) is 22.8. The van der Waals surface area contributed by atoms with Gasteiger partial charge in [-0.2, -0.15) is 0 Å². The number of hydrogen-bond acceptors (Lipinski definition) is 7. The van der Waals surface area contributed by atoms with Gasteiger partial charge in [0.15, 0.2) is 5.82 Å². The van der Waals surface area contributed by atoms with Crippen LogP contribution < -0.4 is 5.32 Å². The Labute approximate surface area is 180 Å². The Morgan fingerprint density at radius 3 is 2.41 bits per heavy atom. The number of nitrogens with zero attached hydrogens (tertiary/aromatic N) is 5. The van der Waals surface area contributed by atoms with E-state index in [0.29, 0.717) is 12.4 Å². The number of nitro benzene ring substituents is 2. The number of amides is 1. The molecule has 1 aliphatic heterocycles. The summed E-state index contributed by atoms with van der Waals surface area (Å²) in [7, 11) is 0. The van der Waals surface area contributed by atoms with Gasteiger partial charge in [0.25, 0.3) is 17.3 Å². The summed E-state index contributed by atoms with van der Waals surface area (Å²) in [4.78, 5) is 33.1. The smallest absolute Gasteiger partial charge is 0.277 e.